The Labute approximate surface area is 175 Å². The highest BCUT2D eigenvalue weighted by Gasteiger charge is 2.07. The van der Waals surface area contributed by atoms with Gasteiger partial charge < -0.3 is 10.2 Å². The van der Waals surface area contributed by atoms with Crippen molar-refractivity contribution in [1.82, 2.24) is 19.9 Å². The molecule has 4 aromatic rings. The van der Waals surface area contributed by atoms with Gasteiger partial charge in [0.15, 0.2) is 5.13 Å². The average molecular weight is 402 g/mol. The zero-order valence-electron chi connectivity index (χ0n) is 16.3. The van der Waals surface area contributed by atoms with Crippen molar-refractivity contribution < 1.29 is 0 Å². The molecule has 0 unspecified atom stereocenters. The van der Waals surface area contributed by atoms with Crippen LogP contribution in [0.15, 0.2) is 79.3 Å². The van der Waals surface area contributed by atoms with E-state index >= 15 is 0 Å². The number of nitrogens with one attached hydrogen (secondary N) is 1. The van der Waals surface area contributed by atoms with E-state index in [0.29, 0.717) is 0 Å². The molecule has 0 saturated heterocycles. The number of hydrogen-bond acceptors (Lipinski definition) is 6. The number of aromatic nitrogens is 3. The van der Waals surface area contributed by atoms with Crippen molar-refractivity contribution in [1.29, 1.82) is 0 Å². The molecule has 29 heavy (non-hydrogen) atoms. The number of thiazole rings is 1. The summed E-state index contributed by atoms with van der Waals surface area (Å²) in [5.74, 6) is 0.819. The second-order valence-electron chi connectivity index (χ2n) is 6.88. The maximum Gasteiger partial charge on any atom is 0.188 e. The average Bonchev–Trinajstić information content (AvgIpc) is 3.22. The number of pyridine rings is 2. The number of benzene rings is 1. The van der Waals surface area contributed by atoms with Crippen molar-refractivity contribution in [2.45, 2.75) is 13.0 Å². The first kappa shape index (κ1) is 19.2. The highest BCUT2D eigenvalue weighted by molar-refractivity contribution is 7.18. The van der Waals surface area contributed by atoms with E-state index < -0.39 is 0 Å². The van der Waals surface area contributed by atoms with Gasteiger partial charge in [-0.15, -0.1) is 0 Å². The minimum Gasteiger partial charge on any atom is -0.316 e. The van der Waals surface area contributed by atoms with Crippen LogP contribution in [0, 0.1) is 0 Å². The molecule has 146 valence electrons. The van der Waals surface area contributed by atoms with Crippen LogP contribution in [-0.4, -0.2) is 33.4 Å². The number of nitrogens with zero attached hydrogens (tertiary/aromatic N) is 4. The summed E-state index contributed by atoms with van der Waals surface area (Å²) in [6.07, 6.45) is 6.58. The van der Waals surface area contributed by atoms with Gasteiger partial charge in [-0.25, -0.2) is 9.97 Å². The number of anilines is 2. The van der Waals surface area contributed by atoms with Crippen LogP contribution in [0.1, 0.15) is 11.3 Å². The molecule has 0 amide bonds. The standard InChI is InChI=1S/C23H23N5S/c1-28(15-12-18-10-13-24-14-11-18)17-20-8-5-9-22(26-20)27-23-25-16-21(29-23)19-6-3-2-4-7-19/h2-11,13-14,16H,12,15,17H2,1H3,(H,25,26,27). The second kappa shape index (κ2) is 9.41. The number of hydrogen-bond donors (Lipinski definition) is 1. The molecule has 1 aromatic carbocycles. The van der Waals surface area contributed by atoms with E-state index in [-0.39, 0.29) is 0 Å². The van der Waals surface area contributed by atoms with Gasteiger partial charge in [-0.2, -0.15) is 0 Å². The van der Waals surface area contributed by atoms with Gasteiger partial charge in [-0.05, 0) is 48.9 Å². The molecule has 0 fully saturated rings. The summed E-state index contributed by atoms with van der Waals surface area (Å²) in [4.78, 5) is 16.7. The minimum absolute atomic E-state index is 0.799. The Morgan fingerprint density at radius 1 is 0.966 bits per heavy atom. The molecule has 0 radical (unpaired) electrons. The molecule has 4 rings (SSSR count). The molecule has 3 heterocycles. The Hall–Kier alpha value is -3.09. The molecule has 0 bridgehead atoms. The van der Waals surface area contributed by atoms with Gasteiger partial charge in [0.2, 0.25) is 0 Å². The first-order chi connectivity index (χ1) is 14.3. The summed E-state index contributed by atoms with van der Waals surface area (Å²) < 4.78 is 0. The first-order valence-corrected chi connectivity index (χ1v) is 10.4. The smallest absolute Gasteiger partial charge is 0.188 e. The van der Waals surface area contributed by atoms with Gasteiger partial charge in [0.05, 0.1) is 10.6 Å². The van der Waals surface area contributed by atoms with Crippen molar-refractivity contribution in [3.8, 4) is 10.4 Å². The molecular formula is C23H23N5S. The van der Waals surface area contributed by atoms with E-state index in [4.69, 9.17) is 4.98 Å². The predicted octanol–water partition coefficient (Wildman–Crippen LogP) is 5.02. The van der Waals surface area contributed by atoms with E-state index in [1.165, 1.54) is 11.1 Å². The van der Waals surface area contributed by atoms with E-state index in [1.54, 1.807) is 11.3 Å². The van der Waals surface area contributed by atoms with Crippen LogP contribution in [0.25, 0.3) is 10.4 Å². The van der Waals surface area contributed by atoms with Crippen LogP contribution in [0.5, 0.6) is 0 Å². The van der Waals surface area contributed by atoms with Gasteiger partial charge in [0, 0.05) is 31.7 Å². The summed E-state index contributed by atoms with van der Waals surface area (Å²) in [5, 5.41) is 4.18. The van der Waals surface area contributed by atoms with Gasteiger partial charge in [-0.1, -0.05) is 47.7 Å². The van der Waals surface area contributed by atoms with E-state index in [0.717, 1.165) is 41.0 Å². The molecule has 5 nitrogen and oxygen atoms in total. The fraction of sp³-hybridized carbons (Fsp3) is 0.174. The molecule has 0 spiro atoms. The lowest BCUT2D eigenvalue weighted by Gasteiger charge is -2.16. The maximum absolute atomic E-state index is 4.75. The summed E-state index contributed by atoms with van der Waals surface area (Å²) >= 11 is 1.63. The topological polar surface area (TPSA) is 53.9 Å². The van der Waals surface area contributed by atoms with Crippen molar-refractivity contribution in [2.24, 2.45) is 0 Å². The normalized spacial score (nSPS) is 11.0. The van der Waals surface area contributed by atoms with Crippen molar-refractivity contribution >= 4 is 22.3 Å². The number of rotatable bonds is 8. The van der Waals surface area contributed by atoms with Crippen LogP contribution in [-0.2, 0) is 13.0 Å². The zero-order valence-corrected chi connectivity index (χ0v) is 17.1. The number of likely N-dealkylation sites (N-methyl/N-ethyl adjacent to an activating group) is 1. The van der Waals surface area contributed by atoms with Crippen LogP contribution in [0.2, 0.25) is 0 Å². The Morgan fingerprint density at radius 2 is 1.79 bits per heavy atom. The largest absolute Gasteiger partial charge is 0.316 e. The van der Waals surface area contributed by atoms with Crippen molar-refractivity contribution in [2.75, 3.05) is 18.9 Å². The molecule has 0 aliphatic carbocycles. The molecule has 6 heteroatoms. The SMILES string of the molecule is CN(CCc1ccncc1)Cc1cccc(Nc2ncc(-c3ccccc3)s2)n1. The lowest BCUT2D eigenvalue weighted by molar-refractivity contribution is 0.327. The van der Waals surface area contributed by atoms with Crippen molar-refractivity contribution in [3.05, 3.63) is 90.5 Å². The van der Waals surface area contributed by atoms with Crippen LogP contribution < -0.4 is 5.32 Å². The highest BCUT2D eigenvalue weighted by atomic mass is 32.1. The van der Waals surface area contributed by atoms with Crippen LogP contribution in [0.3, 0.4) is 0 Å². The Balaban J connectivity index is 1.35. The maximum atomic E-state index is 4.75. The van der Waals surface area contributed by atoms with Gasteiger partial charge in [-0.3, -0.25) is 4.98 Å². The molecule has 3 aromatic heterocycles. The fourth-order valence-corrected chi connectivity index (χ4v) is 3.87. The third-order valence-corrected chi connectivity index (χ3v) is 5.53. The third-order valence-electron chi connectivity index (χ3n) is 4.57. The van der Waals surface area contributed by atoms with Crippen LogP contribution in [0.4, 0.5) is 10.9 Å². The first-order valence-electron chi connectivity index (χ1n) is 9.58. The van der Waals surface area contributed by atoms with Gasteiger partial charge in [0.25, 0.3) is 0 Å². The monoisotopic (exact) mass is 401 g/mol. The Bertz CT molecular complexity index is 1030. The molecule has 0 aliphatic heterocycles. The van der Waals surface area contributed by atoms with E-state index in [1.807, 2.05) is 48.9 Å². The Morgan fingerprint density at radius 3 is 2.62 bits per heavy atom. The molecule has 0 atom stereocenters. The summed E-state index contributed by atoms with van der Waals surface area (Å²) in [5.41, 5.74) is 3.51. The van der Waals surface area contributed by atoms with Gasteiger partial charge in [0.1, 0.15) is 5.82 Å². The minimum atomic E-state index is 0.799. The lowest BCUT2D eigenvalue weighted by atomic mass is 10.2. The predicted molar refractivity (Wildman–Crippen MR) is 119 cm³/mol. The fourth-order valence-electron chi connectivity index (χ4n) is 3.04. The molecule has 1 N–H and O–H groups in total. The summed E-state index contributed by atoms with van der Waals surface area (Å²) in [7, 11) is 2.12. The molecule has 0 aliphatic rings. The zero-order chi connectivity index (χ0) is 19.9. The van der Waals surface area contributed by atoms with E-state index in [2.05, 4.69) is 57.6 Å². The molecular weight excluding hydrogens is 378 g/mol. The lowest BCUT2D eigenvalue weighted by Crippen LogP contribution is -2.21. The Kier molecular flexibility index (Phi) is 6.24. The third kappa shape index (κ3) is 5.47. The van der Waals surface area contributed by atoms with Crippen molar-refractivity contribution in [3.63, 3.8) is 0 Å². The summed E-state index contributed by atoms with van der Waals surface area (Å²) in [6.45, 7) is 1.77. The molecule has 0 saturated carbocycles. The van der Waals surface area contributed by atoms with E-state index in [9.17, 15) is 0 Å². The summed E-state index contributed by atoms with van der Waals surface area (Å²) in [6, 6.07) is 20.5. The van der Waals surface area contributed by atoms with Crippen LogP contribution >= 0.6 is 11.3 Å². The highest BCUT2D eigenvalue weighted by Crippen LogP contribution is 2.30. The quantitative estimate of drug-likeness (QED) is 0.449. The second-order valence-corrected chi connectivity index (χ2v) is 7.91. The van der Waals surface area contributed by atoms with Gasteiger partial charge >= 0.3 is 0 Å².